The molecular weight excluding hydrogens is 276 g/mol. The smallest absolute Gasteiger partial charge is 0.330 e. The summed E-state index contributed by atoms with van der Waals surface area (Å²) in [5.41, 5.74) is 3.08. The van der Waals surface area contributed by atoms with Crippen molar-refractivity contribution < 1.29 is 14.3 Å². The van der Waals surface area contributed by atoms with Crippen LogP contribution in [0.3, 0.4) is 0 Å². The fraction of sp³-hybridized carbons (Fsp3) is 0.211. The van der Waals surface area contributed by atoms with E-state index >= 15 is 0 Å². The quantitative estimate of drug-likeness (QED) is 0.593. The Hall–Kier alpha value is -2.55. The zero-order valence-corrected chi connectivity index (χ0v) is 12.9. The van der Waals surface area contributed by atoms with Gasteiger partial charge in [0.1, 0.15) is 12.4 Å². The second kappa shape index (κ2) is 8.03. The van der Waals surface area contributed by atoms with Crippen molar-refractivity contribution in [2.24, 2.45) is 0 Å². The highest BCUT2D eigenvalue weighted by molar-refractivity contribution is 5.87. The summed E-state index contributed by atoms with van der Waals surface area (Å²) < 4.78 is 10.7. The van der Waals surface area contributed by atoms with E-state index in [1.54, 1.807) is 13.0 Å². The lowest BCUT2D eigenvalue weighted by atomic mass is 10.1. The number of carbonyl (C=O) groups excluding carboxylic acids is 1. The third-order valence-electron chi connectivity index (χ3n) is 3.15. The summed E-state index contributed by atoms with van der Waals surface area (Å²) in [6.07, 6.45) is 3.15. The van der Waals surface area contributed by atoms with Crippen LogP contribution in [0.15, 0.2) is 54.6 Å². The van der Waals surface area contributed by atoms with E-state index in [9.17, 15) is 4.79 Å². The molecule has 0 fully saturated rings. The zero-order chi connectivity index (χ0) is 15.8. The van der Waals surface area contributed by atoms with Crippen LogP contribution in [-0.2, 0) is 16.1 Å². The highest BCUT2D eigenvalue weighted by atomic mass is 16.5. The first-order valence-corrected chi connectivity index (χ1v) is 7.31. The van der Waals surface area contributed by atoms with Crippen molar-refractivity contribution in [1.82, 2.24) is 0 Å². The monoisotopic (exact) mass is 296 g/mol. The number of ether oxygens (including phenoxy) is 2. The number of benzene rings is 2. The Morgan fingerprint density at radius 1 is 1.14 bits per heavy atom. The standard InChI is InChI=1S/C19H20O3/c1-3-21-19(20)12-11-16-10-9-15(2)18(13-16)22-14-17-7-5-4-6-8-17/h4-13H,3,14H2,1-2H3. The predicted molar refractivity (Wildman–Crippen MR) is 87.6 cm³/mol. The van der Waals surface area contributed by atoms with Gasteiger partial charge in [0, 0.05) is 6.08 Å². The molecule has 0 aromatic heterocycles. The average Bonchev–Trinajstić information content (AvgIpc) is 2.54. The summed E-state index contributed by atoms with van der Waals surface area (Å²) in [7, 11) is 0. The molecule has 2 aromatic rings. The van der Waals surface area contributed by atoms with E-state index in [0.717, 1.165) is 22.4 Å². The molecule has 0 radical (unpaired) electrons. The van der Waals surface area contributed by atoms with Gasteiger partial charge in [-0.25, -0.2) is 4.79 Å². The molecular formula is C19H20O3. The average molecular weight is 296 g/mol. The van der Waals surface area contributed by atoms with Gasteiger partial charge >= 0.3 is 5.97 Å². The zero-order valence-electron chi connectivity index (χ0n) is 12.9. The summed E-state index contributed by atoms with van der Waals surface area (Å²) in [6.45, 7) is 4.68. The van der Waals surface area contributed by atoms with Gasteiger partial charge in [-0.2, -0.15) is 0 Å². The van der Waals surface area contributed by atoms with Crippen molar-refractivity contribution in [2.45, 2.75) is 20.5 Å². The van der Waals surface area contributed by atoms with Gasteiger partial charge in [-0.05, 0) is 42.7 Å². The van der Waals surface area contributed by atoms with Crippen LogP contribution < -0.4 is 4.74 Å². The van der Waals surface area contributed by atoms with Gasteiger partial charge < -0.3 is 9.47 Å². The lowest BCUT2D eigenvalue weighted by molar-refractivity contribution is -0.137. The molecule has 3 heteroatoms. The first-order chi connectivity index (χ1) is 10.7. The molecule has 0 aliphatic carbocycles. The molecule has 2 rings (SSSR count). The maximum atomic E-state index is 11.3. The number of rotatable bonds is 6. The van der Waals surface area contributed by atoms with E-state index in [1.807, 2.05) is 55.5 Å². The molecule has 0 aliphatic heterocycles. The van der Waals surface area contributed by atoms with Gasteiger partial charge in [-0.3, -0.25) is 0 Å². The van der Waals surface area contributed by atoms with Gasteiger partial charge in [0.15, 0.2) is 0 Å². The lowest BCUT2D eigenvalue weighted by Crippen LogP contribution is -1.99. The fourth-order valence-corrected chi connectivity index (χ4v) is 1.97. The molecule has 0 bridgehead atoms. The topological polar surface area (TPSA) is 35.5 Å². The molecule has 0 heterocycles. The van der Waals surface area contributed by atoms with Crippen molar-refractivity contribution in [3.8, 4) is 5.75 Å². The normalized spacial score (nSPS) is 10.6. The van der Waals surface area contributed by atoms with E-state index in [4.69, 9.17) is 9.47 Å². The number of hydrogen-bond donors (Lipinski definition) is 0. The van der Waals surface area contributed by atoms with Crippen LogP contribution in [0.25, 0.3) is 6.08 Å². The molecule has 0 amide bonds. The molecule has 3 nitrogen and oxygen atoms in total. The maximum Gasteiger partial charge on any atom is 0.330 e. The summed E-state index contributed by atoms with van der Waals surface area (Å²) in [4.78, 5) is 11.3. The van der Waals surface area contributed by atoms with E-state index in [1.165, 1.54) is 6.08 Å². The number of aryl methyl sites for hydroxylation is 1. The first kappa shape index (κ1) is 15.8. The second-order valence-corrected chi connectivity index (χ2v) is 4.88. The molecule has 0 unspecified atom stereocenters. The van der Waals surface area contributed by atoms with Gasteiger partial charge in [-0.1, -0.05) is 42.5 Å². The van der Waals surface area contributed by atoms with E-state index in [2.05, 4.69) is 0 Å². The SMILES string of the molecule is CCOC(=O)C=Cc1ccc(C)c(OCc2ccccc2)c1. The summed E-state index contributed by atoms with van der Waals surface area (Å²) in [5.74, 6) is 0.477. The molecule has 2 aromatic carbocycles. The summed E-state index contributed by atoms with van der Waals surface area (Å²) >= 11 is 0. The highest BCUT2D eigenvalue weighted by Gasteiger charge is 2.02. The Morgan fingerprint density at radius 2 is 1.91 bits per heavy atom. The Balaban J connectivity index is 2.05. The summed E-state index contributed by atoms with van der Waals surface area (Å²) in [6, 6.07) is 15.9. The van der Waals surface area contributed by atoms with Crippen LogP contribution in [-0.4, -0.2) is 12.6 Å². The summed E-state index contributed by atoms with van der Waals surface area (Å²) in [5, 5.41) is 0. The Kier molecular flexibility index (Phi) is 5.78. The molecule has 0 saturated heterocycles. The maximum absolute atomic E-state index is 11.3. The molecule has 114 valence electrons. The van der Waals surface area contributed by atoms with Crippen LogP contribution in [0.4, 0.5) is 0 Å². The molecule has 22 heavy (non-hydrogen) atoms. The van der Waals surface area contributed by atoms with Crippen molar-refractivity contribution in [3.05, 3.63) is 71.3 Å². The van der Waals surface area contributed by atoms with Crippen molar-refractivity contribution in [1.29, 1.82) is 0 Å². The Morgan fingerprint density at radius 3 is 2.64 bits per heavy atom. The van der Waals surface area contributed by atoms with E-state index < -0.39 is 0 Å². The molecule has 0 atom stereocenters. The third kappa shape index (κ3) is 4.77. The van der Waals surface area contributed by atoms with Crippen molar-refractivity contribution in [3.63, 3.8) is 0 Å². The lowest BCUT2D eigenvalue weighted by Gasteiger charge is -2.10. The fourth-order valence-electron chi connectivity index (χ4n) is 1.97. The Bertz CT molecular complexity index is 645. The molecule has 0 spiro atoms. The van der Waals surface area contributed by atoms with Gasteiger partial charge in [0.05, 0.1) is 6.61 Å². The minimum atomic E-state index is -0.338. The third-order valence-corrected chi connectivity index (χ3v) is 3.15. The first-order valence-electron chi connectivity index (χ1n) is 7.31. The van der Waals surface area contributed by atoms with Crippen LogP contribution in [0.1, 0.15) is 23.6 Å². The largest absolute Gasteiger partial charge is 0.489 e. The van der Waals surface area contributed by atoms with Gasteiger partial charge in [0.2, 0.25) is 0 Å². The van der Waals surface area contributed by atoms with E-state index in [-0.39, 0.29) is 5.97 Å². The molecule has 0 aliphatic rings. The van der Waals surface area contributed by atoms with Crippen LogP contribution in [0.5, 0.6) is 5.75 Å². The van der Waals surface area contributed by atoms with Crippen LogP contribution >= 0.6 is 0 Å². The van der Waals surface area contributed by atoms with Gasteiger partial charge in [0.25, 0.3) is 0 Å². The number of hydrogen-bond acceptors (Lipinski definition) is 3. The highest BCUT2D eigenvalue weighted by Crippen LogP contribution is 2.21. The predicted octanol–water partition coefficient (Wildman–Crippen LogP) is 4.15. The minimum Gasteiger partial charge on any atom is -0.489 e. The number of esters is 1. The van der Waals surface area contributed by atoms with Crippen LogP contribution in [0, 0.1) is 6.92 Å². The minimum absolute atomic E-state index is 0.338. The van der Waals surface area contributed by atoms with Crippen molar-refractivity contribution in [2.75, 3.05) is 6.61 Å². The molecule has 0 N–H and O–H groups in total. The Labute approximate surface area is 131 Å². The van der Waals surface area contributed by atoms with Crippen molar-refractivity contribution >= 4 is 12.0 Å². The number of carbonyl (C=O) groups is 1. The second-order valence-electron chi connectivity index (χ2n) is 4.88. The van der Waals surface area contributed by atoms with E-state index in [0.29, 0.717) is 13.2 Å². The van der Waals surface area contributed by atoms with Crippen LogP contribution in [0.2, 0.25) is 0 Å². The molecule has 0 saturated carbocycles. The van der Waals surface area contributed by atoms with Gasteiger partial charge in [-0.15, -0.1) is 0 Å².